The molecule has 27 heavy (non-hydrogen) atoms. The number of carbonyl (C=O) groups is 2. The van der Waals surface area contributed by atoms with Crippen molar-refractivity contribution in [1.82, 2.24) is 4.90 Å². The maximum absolute atomic E-state index is 12.5. The van der Waals surface area contributed by atoms with Gasteiger partial charge in [-0.25, -0.2) is 0 Å². The van der Waals surface area contributed by atoms with Crippen LogP contribution in [0.15, 0.2) is 48.5 Å². The summed E-state index contributed by atoms with van der Waals surface area (Å²) in [4.78, 5) is 26.6. The molecule has 0 aromatic heterocycles. The minimum Gasteiger partial charge on any atom is -0.497 e. The number of morpholine rings is 1. The number of hydrogen-bond acceptors (Lipinski definition) is 4. The molecule has 6 nitrogen and oxygen atoms in total. The quantitative estimate of drug-likeness (QED) is 0.851. The van der Waals surface area contributed by atoms with E-state index in [0.717, 1.165) is 11.3 Å². The second kappa shape index (κ2) is 9.19. The van der Waals surface area contributed by atoms with Crippen LogP contribution in [0.3, 0.4) is 0 Å². The van der Waals surface area contributed by atoms with Gasteiger partial charge in [0.15, 0.2) is 0 Å². The van der Waals surface area contributed by atoms with E-state index in [2.05, 4.69) is 5.32 Å². The van der Waals surface area contributed by atoms with Gasteiger partial charge in [-0.3, -0.25) is 9.59 Å². The summed E-state index contributed by atoms with van der Waals surface area (Å²) < 4.78 is 10.4. The van der Waals surface area contributed by atoms with Crippen molar-refractivity contribution < 1.29 is 19.1 Å². The van der Waals surface area contributed by atoms with Gasteiger partial charge in [0.1, 0.15) is 5.75 Å². The highest BCUT2D eigenvalue weighted by atomic mass is 16.5. The Balaban J connectivity index is 1.55. The van der Waals surface area contributed by atoms with E-state index in [1.165, 1.54) is 0 Å². The zero-order chi connectivity index (χ0) is 19.1. The molecule has 142 valence electrons. The Bertz CT molecular complexity index is 783. The lowest BCUT2D eigenvalue weighted by molar-refractivity contribution is -0.116. The third-order valence-electron chi connectivity index (χ3n) is 4.49. The van der Waals surface area contributed by atoms with Crippen molar-refractivity contribution in [3.8, 4) is 5.75 Å². The molecule has 0 aliphatic carbocycles. The Labute approximate surface area is 159 Å². The largest absolute Gasteiger partial charge is 0.497 e. The smallest absolute Gasteiger partial charge is 0.254 e. The molecule has 2 amide bonds. The standard InChI is InChI=1S/C21H24N2O4/c1-26-19-8-5-16(6-9-19)7-10-20(24)22-18-4-2-3-17(15-18)21(25)23-11-13-27-14-12-23/h2-6,8-9,15H,7,10-14H2,1H3,(H,22,24). The van der Waals surface area contributed by atoms with Crippen LogP contribution in [0.2, 0.25) is 0 Å². The van der Waals surface area contributed by atoms with Gasteiger partial charge in [-0.05, 0) is 42.3 Å². The van der Waals surface area contributed by atoms with Crippen molar-refractivity contribution in [3.05, 3.63) is 59.7 Å². The predicted octanol–water partition coefficient (Wildman–Crippen LogP) is 2.74. The number of anilines is 1. The minimum atomic E-state index is -0.0817. The van der Waals surface area contributed by atoms with Gasteiger partial charge in [0.25, 0.3) is 5.91 Å². The minimum absolute atomic E-state index is 0.0346. The van der Waals surface area contributed by atoms with Gasteiger partial charge in [0.05, 0.1) is 20.3 Å². The van der Waals surface area contributed by atoms with E-state index in [0.29, 0.717) is 50.4 Å². The molecule has 1 aliphatic rings. The average molecular weight is 368 g/mol. The van der Waals surface area contributed by atoms with Crippen LogP contribution in [0.1, 0.15) is 22.3 Å². The molecule has 0 radical (unpaired) electrons. The number of methoxy groups -OCH3 is 1. The molecule has 1 fully saturated rings. The van der Waals surface area contributed by atoms with Crippen LogP contribution in [-0.4, -0.2) is 50.1 Å². The number of benzene rings is 2. The average Bonchev–Trinajstić information content (AvgIpc) is 2.73. The summed E-state index contributed by atoms with van der Waals surface area (Å²) in [6, 6.07) is 14.7. The lowest BCUT2D eigenvalue weighted by Crippen LogP contribution is -2.40. The monoisotopic (exact) mass is 368 g/mol. The van der Waals surface area contributed by atoms with Crippen molar-refractivity contribution >= 4 is 17.5 Å². The molecule has 2 aromatic rings. The zero-order valence-electron chi connectivity index (χ0n) is 15.4. The Morgan fingerprint density at radius 3 is 2.56 bits per heavy atom. The van der Waals surface area contributed by atoms with Crippen molar-refractivity contribution in [2.24, 2.45) is 0 Å². The van der Waals surface area contributed by atoms with E-state index >= 15 is 0 Å². The lowest BCUT2D eigenvalue weighted by atomic mass is 10.1. The van der Waals surface area contributed by atoms with Crippen LogP contribution in [0.4, 0.5) is 5.69 Å². The van der Waals surface area contributed by atoms with Gasteiger partial charge in [0, 0.05) is 30.8 Å². The van der Waals surface area contributed by atoms with Gasteiger partial charge in [-0.2, -0.15) is 0 Å². The zero-order valence-corrected chi connectivity index (χ0v) is 15.4. The van der Waals surface area contributed by atoms with E-state index in [1.807, 2.05) is 24.3 Å². The molecular weight excluding hydrogens is 344 g/mol. The fraction of sp³-hybridized carbons (Fsp3) is 0.333. The SMILES string of the molecule is COc1ccc(CCC(=O)Nc2cccc(C(=O)N3CCOCC3)c2)cc1. The predicted molar refractivity (Wildman–Crippen MR) is 103 cm³/mol. The van der Waals surface area contributed by atoms with E-state index in [-0.39, 0.29) is 11.8 Å². The number of amides is 2. The van der Waals surface area contributed by atoms with Crippen LogP contribution < -0.4 is 10.1 Å². The fourth-order valence-corrected chi connectivity index (χ4v) is 2.95. The first kappa shape index (κ1) is 18.9. The number of nitrogens with zero attached hydrogens (tertiary/aromatic N) is 1. The molecule has 2 aromatic carbocycles. The first-order chi connectivity index (χ1) is 13.2. The Morgan fingerprint density at radius 2 is 1.85 bits per heavy atom. The maximum atomic E-state index is 12.5. The summed E-state index contributed by atoms with van der Waals surface area (Å²) in [5.74, 6) is 0.680. The Morgan fingerprint density at radius 1 is 1.11 bits per heavy atom. The molecule has 1 N–H and O–H groups in total. The van der Waals surface area contributed by atoms with Gasteiger partial charge in [-0.1, -0.05) is 18.2 Å². The summed E-state index contributed by atoms with van der Waals surface area (Å²) in [6.45, 7) is 2.32. The number of carbonyl (C=O) groups excluding carboxylic acids is 2. The number of nitrogens with one attached hydrogen (secondary N) is 1. The Kier molecular flexibility index (Phi) is 6.44. The number of aryl methyl sites for hydroxylation is 1. The van der Waals surface area contributed by atoms with Crippen molar-refractivity contribution in [3.63, 3.8) is 0 Å². The molecular formula is C21H24N2O4. The van der Waals surface area contributed by atoms with Crippen LogP contribution in [0.25, 0.3) is 0 Å². The van der Waals surface area contributed by atoms with Gasteiger partial charge >= 0.3 is 0 Å². The molecule has 1 aliphatic heterocycles. The lowest BCUT2D eigenvalue weighted by Gasteiger charge is -2.27. The number of hydrogen-bond donors (Lipinski definition) is 1. The number of ether oxygens (including phenoxy) is 2. The van der Waals surface area contributed by atoms with Crippen LogP contribution in [0, 0.1) is 0 Å². The van der Waals surface area contributed by atoms with Crippen molar-refractivity contribution in [2.75, 3.05) is 38.7 Å². The molecule has 6 heteroatoms. The molecule has 0 spiro atoms. The topological polar surface area (TPSA) is 67.9 Å². The van der Waals surface area contributed by atoms with Gasteiger partial charge in [0.2, 0.25) is 5.91 Å². The van der Waals surface area contributed by atoms with Crippen LogP contribution in [-0.2, 0) is 16.0 Å². The summed E-state index contributed by atoms with van der Waals surface area (Å²) in [5, 5.41) is 2.87. The van der Waals surface area contributed by atoms with Crippen LogP contribution >= 0.6 is 0 Å². The molecule has 1 heterocycles. The van der Waals surface area contributed by atoms with Crippen molar-refractivity contribution in [1.29, 1.82) is 0 Å². The van der Waals surface area contributed by atoms with Crippen LogP contribution in [0.5, 0.6) is 5.75 Å². The molecule has 0 unspecified atom stereocenters. The summed E-state index contributed by atoms with van der Waals surface area (Å²) in [6.07, 6.45) is 1.01. The summed E-state index contributed by atoms with van der Waals surface area (Å²) in [7, 11) is 1.63. The summed E-state index contributed by atoms with van der Waals surface area (Å²) in [5.41, 5.74) is 2.28. The van der Waals surface area contributed by atoms with E-state index in [1.54, 1.807) is 36.3 Å². The Hall–Kier alpha value is -2.86. The summed E-state index contributed by atoms with van der Waals surface area (Å²) >= 11 is 0. The van der Waals surface area contributed by atoms with E-state index in [4.69, 9.17) is 9.47 Å². The van der Waals surface area contributed by atoms with E-state index in [9.17, 15) is 9.59 Å². The van der Waals surface area contributed by atoms with Gasteiger partial charge < -0.3 is 19.7 Å². The second-order valence-corrected chi connectivity index (χ2v) is 6.38. The molecule has 1 saturated heterocycles. The molecule has 0 bridgehead atoms. The third kappa shape index (κ3) is 5.31. The molecule has 3 rings (SSSR count). The van der Waals surface area contributed by atoms with E-state index < -0.39 is 0 Å². The number of rotatable bonds is 6. The first-order valence-electron chi connectivity index (χ1n) is 9.05. The van der Waals surface area contributed by atoms with Gasteiger partial charge in [-0.15, -0.1) is 0 Å². The molecule has 0 atom stereocenters. The molecule has 0 saturated carbocycles. The van der Waals surface area contributed by atoms with Crippen molar-refractivity contribution in [2.45, 2.75) is 12.8 Å². The third-order valence-corrected chi connectivity index (χ3v) is 4.49. The first-order valence-corrected chi connectivity index (χ1v) is 9.05. The normalized spacial score (nSPS) is 13.9. The second-order valence-electron chi connectivity index (χ2n) is 6.38. The fourth-order valence-electron chi connectivity index (χ4n) is 2.95. The highest BCUT2D eigenvalue weighted by Gasteiger charge is 2.18. The highest BCUT2D eigenvalue weighted by Crippen LogP contribution is 2.16. The maximum Gasteiger partial charge on any atom is 0.254 e. The highest BCUT2D eigenvalue weighted by molar-refractivity contribution is 5.97.